The summed E-state index contributed by atoms with van der Waals surface area (Å²) in [5, 5.41) is 7.16. The number of benzene rings is 1. The van der Waals surface area contributed by atoms with Crippen molar-refractivity contribution in [3.8, 4) is 0 Å². The van der Waals surface area contributed by atoms with Crippen LogP contribution in [0.3, 0.4) is 0 Å². The average Bonchev–Trinajstić information content (AvgIpc) is 2.88. The lowest BCUT2D eigenvalue weighted by Gasteiger charge is -2.17. The van der Waals surface area contributed by atoms with E-state index in [9.17, 15) is 9.59 Å². The molecule has 3 aromatic rings. The van der Waals surface area contributed by atoms with E-state index in [1.165, 1.54) is 10.9 Å². The molecule has 0 saturated heterocycles. The number of carbonyl (C=O) groups excluding carboxylic acids is 2. The van der Waals surface area contributed by atoms with Gasteiger partial charge in [0, 0.05) is 55.9 Å². The van der Waals surface area contributed by atoms with Gasteiger partial charge >= 0.3 is 0 Å². The SMILES string of the molecule is Cc1c(CN(C)C(=O)/C=C/c2cnc3c(c2)NCCC(=O)N3)n(C)c2ccccc12. The van der Waals surface area contributed by atoms with Gasteiger partial charge < -0.3 is 20.1 Å². The summed E-state index contributed by atoms with van der Waals surface area (Å²) in [5.74, 6) is 0.373. The lowest BCUT2D eigenvalue weighted by atomic mass is 10.1. The zero-order chi connectivity index (χ0) is 21.3. The Bertz CT molecular complexity index is 1120. The molecular weight excluding hydrogens is 378 g/mol. The van der Waals surface area contributed by atoms with Crippen LogP contribution in [-0.4, -0.2) is 39.9 Å². The summed E-state index contributed by atoms with van der Waals surface area (Å²) < 4.78 is 2.15. The smallest absolute Gasteiger partial charge is 0.246 e. The Labute approximate surface area is 175 Å². The number of aromatic nitrogens is 2. The van der Waals surface area contributed by atoms with Crippen LogP contribution < -0.4 is 10.6 Å². The molecule has 7 heteroatoms. The van der Waals surface area contributed by atoms with Crippen LogP contribution >= 0.6 is 0 Å². The fourth-order valence-corrected chi connectivity index (χ4v) is 3.77. The van der Waals surface area contributed by atoms with E-state index in [0.29, 0.717) is 25.3 Å². The zero-order valence-corrected chi connectivity index (χ0v) is 17.4. The number of hydrogen-bond donors (Lipinski definition) is 2. The summed E-state index contributed by atoms with van der Waals surface area (Å²) in [6, 6.07) is 10.1. The van der Waals surface area contributed by atoms with E-state index in [-0.39, 0.29) is 11.8 Å². The van der Waals surface area contributed by atoms with Gasteiger partial charge in [0.05, 0.1) is 12.2 Å². The van der Waals surface area contributed by atoms with Crippen LogP contribution in [0.1, 0.15) is 23.2 Å². The first-order valence-electron chi connectivity index (χ1n) is 9.94. The van der Waals surface area contributed by atoms with Crippen molar-refractivity contribution in [3.63, 3.8) is 0 Å². The summed E-state index contributed by atoms with van der Waals surface area (Å²) in [6.45, 7) is 3.18. The Kier molecular flexibility index (Phi) is 5.27. The summed E-state index contributed by atoms with van der Waals surface area (Å²) in [5.41, 5.74) is 5.03. The van der Waals surface area contributed by atoms with Gasteiger partial charge in [0.15, 0.2) is 5.82 Å². The molecule has 2 N–H and O–H groups in total. The first-order valence-corrected chi connectivity index (χ1v) is 9.94. The molecule has 0 atom stereocenters. The van der Waals surface area contributed by atoms with Crippen LogP contribution in [0.5, 0.6) is 0 Å². The van der Waals surface area contributed by atoms with Gasteiger partial charge in [-0.3, -0.25) is 9.59 Å². The van der Waals surface area contributed by atoms with Crippen molar-refractivity contribution in [2.75, 3.05) is 24.2 Å². The standard InChI is InChI=1S/C23H25N5O2/c1-15-17-6-4-5-7-19(17)28(3)20(15)14-27(2)22(30)9-8-16-12-18-23(25-13-16)26-21(29)10-11-24-18/h4-9,12-13,24H,10-11,14H2,1-3H3,(H,25,26,29)/b9-8+. The highest BCUT2D eigenvalue weighted by Crippen LogP contribution is 2.26. The van der Waals surface area contributed by atoms with Crippen molar-refractivity contribution in [2.45, 2.75) is 19.9 Å². The molecule has 3 heterocycles. The van der Waals surface area contributed by atoms with Crippen LogP contribution in [-0.2, 0) is 23.2 Å². The lowest BCUT2D eigenvalue weighted by Crippen LogP contribution is -2.25. The number of nitrogens with one attached hydrogen (secondary N) is 2. The third-order valence-electron chi connectivity index (χ3n) is 5.52. The highest BCUT2D eigenvalue weighted by atomic mass is 16.2. The van der Waals surface area contributed by atoms with E-state index >= 15 is 0 Å². The number of para-hydroxylation sites is 1. The zero-order valence-electron chi connectivity index (χ0n) is 17.4. The van der Waals surface area contributed by atoms with Crippen molar-refractivity contribution in [1.82, 2.24) is 14.5 Å². The molecule has 0 fully saturated rings. The quantitative estimate of drug-likeness (QED) is 0.655. The predicted octanol–water partition coefficient (Wildman–Crippen LogP) is 3.31. The molecule has 0 saturated carbocycles. The number of rotatable bonds is 4. The number of aryl methyl sites for hydroxylation is 2. The molecule has 4 rings (SSSR count). The van der Waals surface area contributed by atoms with E-state index in [4.69, 9.17) is 0 Å². The molecule has 2 aromatic heterocycles. The van der Waals surface area contributed by atoms with Crippen molar-refractivity contribution >= 4 is 40.3 Å². The Morgan fingerprint density at radius 3 is 2.93 bits per heavy atom. The summed E-state index contributed by atoms with van der Waals surface area (Å²) in [4.78, 5) is 30.3. The Morgan fingerprint density at radius 1 is 1.33 bits per heavy atom. The molecule has 0 aliphatic carbocycles. The maximum absolute atomic E-state index is 12.7. The van der Waals surface area contributed by atoms with Crippen molar-refractivity contribution < 1.29 is 9.59 Å². The van der Waals surface area contributed by atoms with E-state index in [1.807, 2.05) is 25.2 Å². The maximum Gasteiger partial charge on any atom is 0.246 e. The fourth-order valence-electron chi connectivity index (χ4n) is 3.77. The van der Waals surface area contributed by atoms with Gasteiger partial charge in [0.2, 0.25) is 11.8 Å². The van der Waals surface area contributed by atoms with Gasteiger partial charge in [-0.05, 0) is 36.3 Å². The van der Waals surface area contributed by atoms with E-state index in [2.05, 4.69) is 39.2 Å². The third kappa shape index (κ3) is 3.78. The highest BCUT2D eigenvalue weighted by Gasteiger charge is 2.16. The number of nitrogens with zero attached hydrogens (tertiary/aromatic N) is 3. The largest absolute Gasteiger partial charge is 0.382 e. The van der Waals surface area contributed by atoms with Crippen LogP contribution in [0.25, 0.3) is 17.0 Å². The topological polar surface area (TPSA) is 79.3 Å². The Hall–Kier alpha value is -3.61. The van der Waals surface area contributed by atoms with Gasteiger partial charge in [0.25, 0.3) is 0 Å². The predicted molar refractivity (Wildman–Crippen MR) is 119 cm³/mol. The molecule has 1 aliphatic rings. The second-order valence-corrected chi connectivity index (χ2v) is 7.57. The first-order chi connectivity index (χ1) is 14.4. The first kappa shape index (κ1) is 19.7. The van der Waals surface area contributed by atoms with Gasteiger partial charge in [-0.2, -0.15) is 0 Å². The highest BCUT2D eigenvalue weighted by molar-refractivity contribution is 5.95. The minimum atomic E-state index is -0.0872. The number of pyridine rings is 1. The molecule has 0 spiro atoms. The monoisotopic (exact) mass is 403 g/mol. The van der Waals surface area contributed by atoms with Crippen LogP contribution in [0, 0.1) is 6.92 Å². The number of carbonyl (C=O) groups is 2. The number of likely N-dealkylation sites (N-methyl/N-ethyl adjacent to an activating group) is 1. The molecule has 1 aromatic carbocycles. The maximum atomic E-state index is 12.7. The van der Waals surface area contributed by atoms with E-state index in [1.54, 1.807) is 30.3 Å². The minimum absolute atomic E-state index is 0.0579. The second kappa shape index (κ2) is 8.02. The minimum Gasteiger partial charge on any atom is -0.382 e. The Morgan fingerprint density at radius 2 is 2.13 bits per heavy atom. The number of anilines is 2. The molecule has 0 unspecified atom stereocenters. The molecular formula is C23H25N5O2. The van der Waals surface area contributed by atoms with Crippen LogP contribution in [0.4, 0.5) is 11.5 Å². The van der Waals surface area contributed by atoms with Crippen LogP contribution in [0.15, 0.2) is 42.6 Å². The fraction of sp³-hybridized carbons (Fsp3) is 0.261. The third-order valence-corrected chi connectivity index (χ3v) is 5.52. The van der Waals surface area contributed by atoms with Crippen molar-refractivity contribution in [3.05, 3.63) is 59.4 Å². The number of fused-ring (bicyclic) bond motifs is 2. The molecule has 1 aliphatic heterocycles. The molecule has 0 radical (unpaired) electrons. The van der Waals surface area contributed by atoms with E-state index < -0.39 is 0 Å². The average molecular weight is 403 g/mol. The summed E-state index contributed by atoms with van der Waals surface area (Å²) in [6.07, 6.45) is 5.34. The summed E-state index contributed by atoms with van der Waals surface area (Å²) in [7, 11) is 3.84. The Balaban J connectivity index is 1.48. The molecule has 7 nitrogen and oxygen atoms in total. The lowest BCUT2D eigenvalue weighted by molar-refractivity contribution is -0.125. The van der Waals surface area contributed by atoms with Crippen molar-refractivity contribution in [2.24, 2.45) is 7.05 Å². The van der Waals surface area contributed by atoms with Gasteiger partial charge in [0.1, 0.15) is 0 Å². The van der Waals surface area contributed by atoms with Crippen molar-refractivity contribution in [1.29, 1.82) is 0 Å². The molecule has 30 heavy (non-hydrogen) atoms. The second-order valence-electron chi connectivity index (χ2n) is 7.57. The molecule has 154 valence electrons. The molecule has 0 bridgehead atoms. The van der Waals surface area contributed by atoms with Gasteiger partial charge in [-0.25, -0.2) is 4.98 Å². The van der Waals surface area contributed by atoms with E-state index in [0.717, 1.165) is 22.5 Å². The normalized spacial score (nSPS) is 13.6. The van der Waals surface area contributed by atoms with Gasteiger partial charge in [-0.15, -0.1) is 0 Å². The molecule has 2 amide bonds. The number of amides is 2. The summed E-state index contributed by atoms with van der Waals surface area (Å²) >= 11 is 0. The van der Waals surface area contributed by atoms with Gasteiger partial charge in [-0.1, -0.05) is 18.2 Å². The number of hydrogen-bond acceptors (Lipinski definition) is 4. The van der Waals surface area contributed by atoms with Crippen LogP contribution in [0.2, 0.25) is 0 Å².